The molecule has 0 bridgehead atoms. The van der Waals surface area contributed by atoms with Crippen LogP contribution in [0.4, 0.5) is 9.59 Å². The lowest BCUT2D eigenvalue weighted by Gasteiger charge is -2.19. The monoisotopic (exact) mass is 630 g/mol. The number of carbonyl (C=O) groups is 4. The van der Waals surface area contributed by atoms with Crippen LogP contribution in [0.25, 0.3) is 32.7 Å². The Bertz CT molecular complexity index is 1850. The van der Waals surface area contributed by atoms with E-state index < -0.39 is 24.1 Å². The van der Waals surface area contributed by atoms with Gasteiger partial charge in [-0.25, -0.2) is 19.2 Å². The number of hydrogen-bond donors (Lipinski definition) is 4. The SMILES string of the molecule is C/C(=C\CCNC(=O)Oc1ccc2ccccc2c1-c1c(OC(=O)NCC/C=C(\C)C(=O)O)ccc2cc(Cl)ccc12)C(=O)O. The summed E-state index contributed by atoms with van der Waals surface area (Å²) in [4.78, 5) is 47.8. The zero-order valence-corrected chi connectivity index (χ0v) is 25.3. The summed E-state index contributed by atoms with van der Waals surface area (Å²) in [6.07, 6.45) is 2.09. The molecular weight excluding hydrogens is 600 g/mol. The van der Waals surface area contributed by atoms with Crippen molar-refractivity contribution < 1.29 is 38.9 Å². The molecule has 0 aliphatic rings. The van der Waals surface area contributed by atoms with Crippen molar-refractivity contribution >= 4 is 57.3 Å². The molecule has 4 aromatic carbocycles. The predicted molar refractivity (Wildman–Crippen MR) is 172 cm³/mol. The number of hydrogen-bond acceptors (Lipinski definition) is 6. The fraction of sp³-hybridized carbons (Fsp3) is 0.176. The van der Waals surface area contributed by atoms with E-state index in [9.17, 15) is 19.2 Å². The van der Waals surface area contributed by atoms with Crippen molar-refractivity contribution in [3.8, 4) is 22.6 Å². The fourth-order valence-electron chi connectivity index (χ4n) is 4.59. The molecule has 0 aliphatic heterocycles. The van der Waals surface area contributed by atoms with Crippen molar-refractivity contribution in [1.29, 1.82) is 0 Å². The third kappa shape index (κ3) is 8.39. The van der Waals surface area contributed by atoms with E-state index in [0.717, 1.165) is 16.2 Å². The Hall–Kier alpha value is -5.35. The number of amides is 2. The van der Waals surface area contributed by atoms with Crippen LogP contribution >= 0.6 is 11.6 Å². The molecule has 4 rings (SSSR count). The van der Waals surface area contributed by atoms with Gasteiger partial charge in [-0.3, -0.25) is 0 Å². The number of carboxylic acid groups (broad SMARTS) is 2. The average Bonchev–Trinajstić information content (AvgIpc) is 3.01. The van der Waals surface area contributed by atoms with Gasteiger partial charge < -0.3 is 30.3 Å². The highest BCUT2D eigenvalue weighted by Gasteiger charge is 2.22. The van der Waals surface area contributed by atoms with Crippen LogP contribution in [0, 0.1) is 0 Å². The predicted octanol–water partition coefficient (Wildman–Crippen LogP) is 7.33. The molecule has 0 atom stereocenters. The normalized spacial score (nSPS) is 11.7. The molecule has 0 saturated heterocycles. The van der Waals surface area contributed by atoms with Crippen LogP contribution in [-0.2, 0) is 9.59 Å². The molecule has 10 nitrogen and oxygen atoms in total. The van der Waals surface area contributed by atoms with E-state index in [1.165, 1.54) is 26.0 Å². The van der Waals surface area contributed by atoms with Crippen LogP contribution in [0.2, 0.25) is 5.02 Å². The number of carbonyl (C=O) groups excluding carboxylic acids is 2. The highest BCUT2D eigenvalue weighted by Crippen LogP contribution is 2.46. The molecule has 0 aliphatic carbocycles. The van der Waals surface area contributed by atoms with E-state index in [1.807, 2.05) is 30.3 Å². The lowest BCUT2D eigenvalue weighted by Crippen LogP contribution is -2.28. The van der Waals surface area contributed by atoms with Crippen LogP contribution < -0.4 is 20.1 Å². The highest BCUT2D eigenvalue weighted by molar-refractivity contribution is 6.31. The second-order valence-corrected chi connectivity index (χ2v) is 10.5. The van der Waals surface area contributed by atoms with Gasteiger partial charge in [0, 0.05) is 40.4 Å². The molecule has 0 unspecified atom stereocenters. The van der Waals surface area contributed by atoms with Gasteiger partial charge >= 0.3 is 24.1 Å². The van der Waals surface area contributed by atoms with Crippen molar-refractivity contribution in [2.45, 2.75) is 26.7 Å². The Labute approximate surface area is 263 Å². The standard InChI is InChI=1S/C34H31ClN2O8/c1-20(31(38)39)7-5-17-36-33(42)44-27-15-11-22-9-3-4-10-25(22)29(27)30-26-14-13-24(35)19-23(26)12-16-28(30)45-34(43)37-18-6-8-21(2)32(40)41/h3-4,7-16,19H,5-6,17-18H2,1-2H3,(H,36,42)(H,37,43)(H,38,39)(H,40,41)/b20-7+,21-8+. The second-order valence-electron chi connectivity index (χ2n) is 10.1. The van der Waals surface area contributed by atoms with Crippen molar-refractivity contribution in [2.75, 3.05) is 13.1 Å². The number of benzene rings is 4. The van der Waals surface area contributed by atoms with Crippen LogP contribution in [-0.4, -0.2) is 47.4 Å². The summed E-state index contributed by atoms with van der Waals surface area (Å²) in [5.41, 5.74) is 1.32. The van der Waals surface area contributed by atoms with Gasteiger partial charge in [0.05, 0.1) is 0 Å². The first-order chi connectivity index (χ1) is 21.5. The Morgan fingerprint density at radius 1 is 0.689 bits per heavy atom. The molecule has 232 valence electrons. The molecule has 0 saturated carbocycles. The van der Waals surface area contributed by atoms with E-state index in [-0.39, 0.29) is 35.7 Å². The van der Waals surface area contributed by atoms with Crippen LogP contribution in [0.3, 0.4) is 0 Å². The van der Waals surface area contributed by atoms with E-state index in [4.69, 9.17) is 31.3 Å². The van der Waals surface area contributed by atoms with Gasteiger partial charge in [-0.05, 0) is 72.5 Å². The van der Waals surface area contributed by atoms with Gasteiger partial charge in [0.15, 0.2) is 0 Å². The van der Waals surface area contributed by atoms with Crippen molar-refractivity contribution in [3.05, 3.63) is 95.1 Å². The average molecular weight is 631 g/mol. The first kappa shape index (κ1) is 32.6. The lowest BCUT2D eigenvalue weighted by atomic mass is 9.92. The molecule has 0 fully saturated rings. The zero-order chi connectivity index (χ0) is 32.5. The third-order valence-electron chi connectivity index (χ3n) is 6.89. The van der Waals surface area contributed by atoms with E-state index in [2.05, 4.69) is 10.6 Å². The largest absolute Gasteiger partial charge is 0.478 e. The second kappa shape index (κ2) is 14.9. The van der Waals surface area contributed by atoms with E-state index in [0.29, 0.717) is 34.4 Å². The number of fused-ring (bicyclic) bond motifs is 2. The quantitative estimate of drug-likeness (QED) is 0.0993. The number of halogens is 1. The van der Waals surface area contributed by atoms with Gasteiger partial charge in [0.1, 0.15) is 11.5 Å². The number of ether oxygens (including phenoxy) is 2. The Morgan fingerprint density at radius 2 is 1.18 bits per heavy atom. The molecule has 0 radical (unpaired) electrons. The summed E-state index contributed by atoms with van der Waals surface area (Å²) in [7, 11) is 0. The van der Waals surface area contributed by atoms with Crippen LogP contribution in [0.5, 0.6) is 11.5 Å². The van der Waals surface area contributed by atoms with Crippen molar-refractivity contribution in [2.24, 2.45) is 0 Å². The number of carboxylic acids is 2. The third-order valence-corrected chi connectivity index (χ3v) is 7.13. The minimum absolute atomic E-state index is 0.145. The topological polar surface area (TPSA) is 151 Å². The van der Waals surface area contributed by atoms with Gasteiger partial charge in [-0.15, -0.1) is 0 Å². The first-order valence-electron chi connectivity index (χ1n) is 14.0. The summed E-state index contributed by atoms with van der Waals surface area (Å²) < 4.78 is 11.6. The van der Waals surface area contributed by atoms with E-state index in [1.54, 1.807) is 36.4 Å². The summed E-state index contributed by atoms with van der Waals surface area (Å²) in [6, 6.07) is 19.6. The molecular formula is C34H31ClN2O8. The van der Waals surface area contributed by atoms with Gasteiger partial charge in [0.25, 0.3) is 0 Å². The Kier molecular flexibility index (Phi) is 10.8. The Morgan fingerprint density at radius 3 is 1.71 bits per heavy atom. The molecule has 0 heterocycles. The fourth-order valence-corrected chi connectivity index (χ4v) is 4.77. The van der Waals surface area contributed by atoms with Crippen molar-refractivity contribution in [3.63, 3.8) is 0 Å². The van der Waals surface area contributed by atoms with Crippen LogP contribution in [0.15, 0.2) is 90.0 Å². The highest BCUT2D eigenvalue weighted by atomic mass is 35.5. The maximum atomic E-state index is 12.9. The number of aliphatic carboxylic acids is 2. The summed E-state index contributed by atoms with van der Waals surface area (Å²) in [5.74, 6) is -1.68. The molecule has 45 heavy (non-hydrogen) atoms. The molecule has 4 N–H and O–H groups in total. The maximum Gasteiger partial charge on any atom is 0.412 e. The van der Waals surface area contributed by atoms with Crippen molar-refractivity contribution in [1.82, 2.24) is 10.6 Å². The minimum atomic E-state index is -1.04. The smallest absolute Gasteiger partial charge is 0.412 e. The summed E-state index contributed by atoms with van der Waals surface area (Å²) in [5, 5.41) is 26.8. The summed E-state index contributed by atoms with van der Waals surface area (Å²) in [6.45, 7) is 3.23. The molecule has 11 heteroatoms. The van der Waals surface area contributed by atoms with Crippen LogP contribution in [0.1, 0.15) is 26.7 Å². The molecule has 2 amide bonds. The van der Waals surface area contributed by atoms with Gasteiger partial charge in [-0.2, -0.15) is 0 Å². The molecule has 4 aromatic rings. The first-order valence-corrected chi connectivity index (χ1v) is 14.4. The van der Waals surface area contributed by atoms with Gasteiger partial charge in [0.2, 0.25) is 0 Å². The van der Waals surface area contributed by atoms with Gasteiger partial charge in [-0.1, -0.05) is 66.2 Å². The zero-order valence-electron chi connectivity index (χ0n) is 24.6. The molecule has 0 spiro atoms. The minimum Gasteiger partial charge on any atom is -0.478 e. The number of rotatable bonds is 11. The lowest BCUT2D eigenvalue weighted by molar-refractivity contribution is -0.133. The number of nitrogens with one attached hydrogen (secondary N) is 2. The maximum absolute atomic E-state index is 12.9. The Balaban J connectivity index is 1.72. The summed E-state index contributed by atoms with van der Waals surface area (Å²) >= 11 is 6.30. The van der Waals surface area contributed by atoms with E-state index >= 15 is 0 Å². The molecule has 0 aromatic heterocycles.